The summed E-state index contributed by atoms with van der Waals surface area (Å²) in [6.45, 7) is 1.58. The Balaban J connectivity index is 1.41. The number of carbonyl (C=O) groups excluding carboxylic acids is 1. The largest absolute Gasteiger partial charge is 0.339 e. The van der Waals surface area contributed by atoms with Gasteiger partial charge in [-0.3, -0.25) is 0 Å². The number of carbonyl (C=O) groups is 1. The highest BCUT2D eigenvalue weighted by atomic mass is 16.2. The van der Waals surface area contributed by atoms with E-state index in [4.69, 9.17) is 0 Å². The van der Waals surface area contributed by atoms with E-state index in [1.165, 1.54) is 4.80 Å². The van der Waals surface area contributed by atoms with Crippen molar-refractivity contribution in [3.05, 3.63) is 36.7 Å². The Morgan fingerprint density at radius 1 is 1.19 bits per heavy atom. The van der Waals surface area contributed by atoms with E-state index in [-0.39, 0.29) is 12.1 Å². The van der Waals surface area contributed by atoms with Crippen molar-refractivity contribution in [2.24, 2.45) is 7.05 Å². The Kier molecular flexibility index (Phi) is 4.34. The summed E-state index contributed by atoms with van der Waals surface area (Å²) in [7, 11) is 1.76. The maximum Gasteiger partial charge on any atom is 0.319 e. The van der Waals surface area contributed by atoms with E-state index in [9.17, 15) is 4.79 Å². The van der Waals surface area contributed by atoms with Gasteiger partial charge in [0.25, 0.3) is 0 Å². The molecule has 2 amide bonds. The summed E-state index contributed by atoms with van der Waals surface area (Å²) in [6, 6.07) is 7.12. The summed E-state index contributed by atoms with van der Waals surface area (Å²) in [5, 5.41) is 14.5. The molecule has 1 aliphatic heterocycles. The number of nitrogens with one attached hydrogen (secondary N) is 2. The van der Waals surface area contributed by atoms with Crippen LogP contribution >= 0.6 is 0 Å². The van der Waals surface area contributed by atoms with E-state index in [2.05, 4.69) is 35.7 Å². The maximum atomic E-state index is 12.4. The summed E-state index contributed by atoms with van der Waals surface area (Å²) >= 11 is 0. The highest BCUT2D eigenvalue weighted by molar-refractivity contribution is 5.98. The normalized spacial score (nSPS) is 17.3. The Morgan fingerprint density at radius 2 is 2.04 bits per heavy atom. The minimum absolute atomic E-state index is 0.0358. The van der Waals surface area contributed by atoms with Crippen LogP contribution in [0.1, 0.15) is 12.8 Å². The first-order chi connectivity index (χ1) is 12.7. The highest BCUT2D eigenvalue weighted by Crippen LogP contribution is 2.20. The van der Waals surface area contributed by atoms with Crippen molar-refractivity contribution in [3.8, 4) is 0 Å². The molecule has 1 saturated heterocycles. The van der Waals surface area contributed by atoms with Crippen LogP contribution in [0.5, 0.6) is 0 Å². The number of nitrogens with zero attached hydrogens (tertiary/aromatic N) is 6. The number of urea groups is 1. The lowest BCUT2D eigenvalue weighted by Gasteiger charge is -2.33. The first-order valence-corrected chi connectivity index (χ1v) is 8.58. The Bertz CT molecular complexity index is 910. The molecule has 0 aliphatic carbocycles. The maximum absolute atomic E-state index is 12.4. The van der Waals surface area contributed by atoms with Crippen molar-refractivity contribution in [3.63, 3.8) is 0 Å². The lowest BCUT2D eigenvalue weighted by atomic mass is 10.1. The molecule has 3 aromatic rings. The van der Waals surface area contributed by atoms with Gasteiger partial charge in [-0.25, -0.2) is 14.8 Å². The van der Waals surface area contributed by atoms with E-state index < -0.39 is 0 Å². The van der Waals surface area contributed by atoms with E-state index in [0.29, 0.717) is 23.7 Å². The molecule has 4 rings (SSSR count). The SMILES string of the molecule is Cn1nc2cccc(NC(=O)NC3CCCN(c4ncccn4)C3)c2n1. The predicted octanol–water partition coefficient (Wildman–Crippen LogP) is 1.55. The molecule has 1 aliphatic rings. The van der Waals surface area contributed by atoms with Crippen molar-refractivity contribution in [1.29, 1.82) is 0 Å². The number of hydrogen-bond acceptors (Lipinski definition) is 6. The van der Waals surface area contributed by atoms with Crippen LogP contribution in [0, 0.1) is 0 Å². The molecule has 1 unspecified atom stereocenters. The molecule has 0 spiro atoms. The van der Waals surface area contributed by atoms with Gasteiger partial charge in [0.1, 0.15) is 11.0 Å². The molecule has 2 N–H and O–H groups in total. The van der Waals surface area contributed by atoms with Crippen molar-refractivity contribution in [1.82, 2.24) is 30.3 Å². The van der Waals surface area contributed by atoms with Gasteiger partial charge in [0.2, 0.25) is 5.95 Å². The third-order valence-electron chi connectivity index (χ3n) is 4.35. The van der Waals surface area contributed by atoms with Gasteiger partial charge in [-0.2, -0.15) is 15.0 Å². The van der Waals surface area contributed by atoms with Crippen molar-refractivity contribution >= 4 is 28.7 Å². The molecule has 9 nitrogen and oxygen atoms in total. The average Bonchev–Trinajstić information content (AvgIpc) is 3.04. The standard InChI is InChI=1S/C17H20N8O/c1-24-22-14-7-2-6-13(15(14)23-24)21-17(26)20-12-5-3-10-25(11-12)16-18-8-4-9-19-16/h2,4,6-9,12H,3,5,10-11H2,1H3,(H2,20,21,26). The molecule has 134 valence electrons. The molecule has 3 heterocycles. The second-order valence-corrected chi connectivity index (χ2v) is 6.30. The van der Waals surface area contributed by atoms with E-state index in [0.717, 1.165) is 24.9 Å². The highest BCUT2D eigenvalue weighted by Gasteiger charge is 2.23. The van der Waals surface area contributed by atoms with Crippen molar-refractivity contribution in [2.45, 2.75) is 18.9 Å². The quantitative estimate of drug-likeness (QED) is 0.742. The van der Waals surface area contributed by atoms with Crippen LogP contribution in [0.15, 0.2) is 36.7 Å². The minimum atomic E-state index is -0.246. The topological polar surface area (TPSA) is 101 Å². The monoisotopic (exact) mass is 352 g/mol. The number of aryl methyl sites for hydroxylation is 1. The lowest BCUT2D eigenvalue weighted by molar-refractivity contribution is 0.246. The first-order valence-electron chi connectivity index (χ1n) is 8.58. The van der Waals surface area contributed by atoms with Crippen LogP contribution in [0.4, 0.5) is 16.4 Å². The fraction of sp³-hybridized carbons (Fsp3) is 0.353. The molecular weight excluding hydrogens is 332 g/mol. The summed E-state index contributed by atoms with van der Waals surface area (Å²) < 4.78 is 0. The molecule has 0 saturated carbocycles. The zero-order valence-corrected chi connectivity index (χ0v) is 14.5. The number of aromatic nitrogens is 5. The predicted molar refractivity (Wildman–Crippen MR) is 97.9 cm³/mol. The number of anilines is 2. The second kappa shape index (κ2) is 6.95. The van der Waals surface area contributed by atoms with E-state index >= 15 is 0 Å². The van der Waals surface area contributed by atoms with Gasteiger partial charge < -0.3 is 15.5 Å². The van der Waals surface area contributed by atoms with Gasteiger partial charge in [0.15, 0.2) is 0 Å². The van der Waals surface area contributed by atoms with Crippen LogP contribution in [0.25, 0.3) is 11.0 Å². The summed E-state index contributed by atoms with van der Waals surface area (Å²) in [6.07, 6.45) is 5.36. The number of hydrogen-bond donors (Lipinski definition) is 2. The van der Waals surface area contributed by atoms with Crippen LogP contribution in [-0.4, -0.2) is 50.1 Å². The first kappa shape index (κ1) is 16.2. The molecular formula is C17H20N8O. The van der Waals surface area contributed by atoms with Crippen LogP contribution in [-0.2, 0) is 7.05 Å². The summed E-state index contributed by atoms with van der Waals surface area (Å²) in [5.41, 5.74) is 2.07. The zero-order valence-electron chi connectivity index (χ0n) is 14.5. The number of benzene rings is 1. The van der Waals surface area contributed by atoms with Crippen LogP contribution in [0.2, 0.25) is 0 Å². The van der Waals surface area contributed by atoms with E-state index in [1.54, 1.807) is 25.5 Å². The van der Waals surface area contributed by atoms with Gasteiger partial charge >= 0.3 is 6.03 Å². The van der Waals surface area contributed by atoms with Crippen LogP contribution in [0.3, 0.4) is 0 Å². The lowest BCUT2D eigenvalue weighted by Crippen LogP contribution is -2.49. The number of rotatable bonds is 3. The molecule has 9 heteroatoms. The zero-order chi connectivity index (χ0) is 17.9. The molecule has 1 fully saturated rings. The van der Waals surface area contributed by atoms with Gasteiger partial charge in [-0.15, -0.1) is 0 Å². The van der Waals surface area contributed by atoms with Crippen LogP contribution < -0.4 is 15.5 Å². The minimum Gasteiger partial charge on any atom is -0.339 e. The third-order valence-corrected chi connectivity index (χ3v) is 4.35. The average molecular weight is 352 g/mol. The number of piperidine rings is 1. The molecule has 0 bridgehead atoms. The Labute approximate surface area is 150 Å². The molecule has 1 atom stereocenters. The Hall–Kier alpha value is -3.23. The van der Waals surface area contributed by atoms with Gasteiger partial charge in [-0.1, -0.05) is 6.07 Å². The molecule has 2 aromatic heterocycles. The summed E-state index contributed by atoms with van der Waals surface area (Å²) in [5.74, 6) is 0.698. The number of amides is 2. The smallest absolute Gasteiger partial charge is 0.319 e. The van der Waals surface area contributed by atoms with Gasteiger partial charge in [0, 0.05) is 38.6 Å². The van der Waals surface area contributed by atoms with Crippen molar-refractivity contribution < 1.29 is 4.79 Å². The Morgan fingerprint density at radius 3 is 2.88 bits per heavy atom. The number of fused-ring (bicyclic) bond motifs is 1. The van der Waals surface area contributed by atoms with Gasteiger partial charge in [0.05, 0.1) is 5.69 Å². The second-order valence-electron chi connectivity index (χ2n) is 6.30. The third kappa shape index (κ3) is 3.41. The molecule has 0 radical (unpaired) electrons. The summed E-state index contributed by atoms with van der Waals surface area (Å²) in [4.78, 5) is 24.6. The van der Waals surface area contributed by atoms with Gasteiger partial charge in [-0.05, 0) is 31.0 Å². The molecule has 26 heavy (non-hydrogen) atoms. The molecule has 1 aromatic carbocycles. The fourth-order valence-electron chi connectivity index (χ4n) is 3.22. The van der Waals surface area contributed by atoms with E-state index in [1.807, 2.05) is 18.2 Å². The fourth-order valence-corrected chi connectivity index (χ4v) is 3.22. The van der Waals surface area contributed by atoms with Crippen molar-refractivity contribution in [2.75, 3.05) is 23.3 Å².